The van der Waals surface area contributed by atoms with E-state index < -0.39 is 11.8 Å². The largest absolute Gasteiger partial charge is 0.494 e. The van der Waals surface area contributed by atoms with Crippen molar-refractivity contribution < 1.29 is 19.1 Å². The molecule has 0 unspecified atom stereocenters. The zero-order valence-corrected chi connectivity index (χ0v) is 19.7. The number of hydrogen-bond donors (Lipinski definition) is 3. The van der Waals surface area contributed by atoms with Gasteiger partial charge < -0.3 is 9.47 Å². The summed E-state index contributed by atoms with van der Waals surface area (Å²) in [6.45, 7) is 2.39. The summed E-state index contributed by atoms with van der Waals surface area (Å²) in [4.78, 5) is 24.3. The highest BCUT2D eigenvalue weighted by atomic mass is 79.9. The number of rotatable bonds is 7. The number of ether oxygens (including phenoxy) is 2. The summed E-state index contributed by atoms with van der Waals surface area (Å²) in [5.41, 5.74) is 5.29. The van der Waals surface area contributed by atoms with E-state index in [1.807, 2.05) is 37.3 Å². The molecule has 3 rings (SSSR count). The lowest BCUT2D eigenvalue weighted by Gasteiger charge is -2.13. The minimum Gasteiger partial charge on any atom is -0.494 e. The van der Waals surface area contributed by atoms with Crippen molar-refractivity contribution in [3.63, 3.8) is 0 Å². The van der Waals surface area contributed by atoms with Crippen LogP contribution in [-0.4, -0.2) is 30.1 Å². The third-order valence-corrected chi connectivity index (χ3v) is 5.34. The summed E-state index contributed by atoms with van der Waals surface area (Å²) in [5, 5.41) is 4.50. The van der Waals surface area contributed by atoms with Crippen LogP contribution in [-0.2, 0) is 4.79 Å². The smallest absolute Gasteiger partial charge is 0.276 e. The fourth-order valence-corrected chi connectivity index (χ4v) is 3.51. The van der Waals surface area contributed by atoms with Crippen molar-refractivity contribution in [2.45, 2.75) is 13.3 Å². The van der Waals surface area contributed by atoms with E-state index in [0.29, 0.717) is 23.7 Å². The average Bonchev–Trinajstić information content (AvgIpc) is 2.81. The summed E-state index contributed by atoms with van der Waals surface area (Å²) >= 11 is 8.56. The minimum absolute atomic E-state index is 0.0402. The highest BCUT2D eigenvalue weighted by molar-refractivity contribution is 9.10. The Bertz CT molecular complexity index is 1120. The van der Waals surface area contributed by atoms with Gasteiger partial charge in [-0.15, -0.1) is 0 Å². The molecule has 0 bridgehead atoms. The van der Waals surface area contributed by atoms with Crippen LogP contribution in [0.5, 0.6) is 11.5 Å². The van der Waals surface area contributed by atoms with Crippen molar-refractivity contribution in [3.05, 3.63) is 70.7 Å². The van der Waals surface area contributed by atoms with Gasteiger partial charge in [0.05, 0.1) is 11.1 Å². The van der Waals surface area contributed by atoms with Gasteiger partial charge in [0.15, 0.2) is 11.7 Å². The molecule has 2 amide bonds. The first-order chi connectivity index (χ1) is 15.5. The van der Waals surface area contributed by atoms with E-state index in [9.17, 15) is 9.59 Å². The van der Waals surface area contributed by atoms with Crippen molar-refractivity contribution in [2.24, 2.45) is 0 Å². The van der Waals surface area contributed by atoms with Crippen LogP contribution in [0.1, 0.15) is 23.7 Å². The van der Waals surface area contributed by atoms with Crippen molar-refractivity contribution in [1.82, 2.24) is 16.2 Å². The Hall–Kier alpha value is -3.17. The lowest BCUT2D eigenvalue weighted by atomic mass is 10.1. The summed E-state index contributed by atoms with van der Waals surface area (Å²) in [6.07, 6.45) is 0.901. The zero-order chi connectivity index (χ0) is 22.9. The fourth-order valence-electron chi connectivity index (χ4n) is 2.76. The Balaban J connectivity index is 1.44. The topological polar surface area (TPSA) is 88.7 Å². The molecule has 166 valence electrons. The van der Waals surface area contributed by atoms with Crippen molar-refractivity contribution in [2.75, 3.05) is 13.2 Å². The molecule has 0 saturated heterocycles. The predicted molar refractivity (Wildman–Crippen MR) is 131 cm³/mol. The maximum absolute atomic E-state index is 12.3. The number of nitrogens with one attached hydrogen (secondary N) is 3. The molecule has 7 nitrogen and oxygen atoms in total. The number of thiocarbonyl (C=S) groups is 1. The van der Waals surface area contributed by atoms with Crippen LogP contribution in [0, 0.1) is 0 Å². The van der Waals surface area contributed by atoms with E-state index in [1.54, 1.807) is 30.3 Å². The molecule has 3 aromatic carbocycles. The molecule has 0 aliphatic rings. The summed E-state index contributed by atoms with van der Waals surface area (Å²) in [7, 11) is 0. The number of benzene rings is 3. The molecule has 0 aliphatic heterocycles. The lowest BCUT2D eigenvalue weighted by molar-refractivity contribution is -0.123. The molecule has 0 spiro atoms. The normalized spacial score (nSPS) is 10.3. The second-order valence-electron chi connectivity index (χ2n) is 6.72. The van der Waals surface area contributed by atoms with Crippen LogP contribution in [0.2, 0.25) is 0 Å². The fraction of sp³-hybridized carbons (Fsp3) is 0.174. The standard InChI is InChI=1S/C23H22BrN3O4S/c1-2-13-30-17-10-7-16(8-11-17)22(29)25-23(32)27-26-20(28)14-31-19-12-9-15-5-3-4-6-18(15)21(19)24/h3-12H,2,13-14H2,1H3,(H,26,28)(H2,25,27,29,32). The number of hydrogen-bond acceptors (Lipinski definition) is 5. The number of halogens is 1. The molecular weight excluding hydrogens is 494 g/mol. The quantitative estimate of drug-likeness (QED) is 0.324. The third-order valence-electron chi connectivity index (χ3n) is 4.32. The average molecular weight is 516 g/mol. The van der Waals surface area contributed by atoms with Crippen molar-refractivity contribution in [1.29, 1.82) is 0 Å². The van der Waals surface area contributed by atoms with E-state index in [1.165, 1.54) is 0 Å². The maximum Gasteiger partial charge on any atom is 0.276 e. The van der Waals surface area contributed by atoms with E-state index in [0.717, 1.165) is 21.7 Å². The summed E-state index contributed by atoms with van der Waals surface area (Å²) in [6, 6.07) is 18.2. The number of carbonyl (C=O) groups excluding carboxylic acids is 2. The Kier molecular flexibility index (Phi) is 8.41. The molecular formula is C23H22BrN3O4S. The van der Waals surface area contributed by atoms with E-state index in [4.69, 9.17) is 21.7 Å². The zero-order valence-electron chi connectivity index (χ0n) is 17.3. The van der Waals surface area contributed by atoms with Gasteiger partial charge in [-0.3, -0.25) is 25.8 Å². The van der Waals surface area contributed by atoms with E-state index in [2.05, 4.69) is 32.1 Å². The highest BCUT2D eigenvalue weighted by Crippen LogP contribution is 2.32. The van der Waals surface area contributed by atoms with Crippen LogP contribution >= 0.6 is 28.1 Å². The van der Waals surface area contributed by atoms with Gasteiger partial charge in [-0.1, -0.05) is 37.3 Å². The molecule has 9 heteroatoms. The number of amides is 2. The first-order valence-corrected chi connectivity index (χ1v) is 11.1. The van der Waals surface area contributed by atoms with Gasteiger partial charge in [-0.2, -0.15) is 0 Å². The lowest BCUT2D eigenvalue weighted by Crippen LogP contribution is -2.49. The van der Waals surface area contributed by atoms with Gasteiger partial charge in [0.1, 0.15) is 11.5 Å². The van der Waals surface area contributed by atoms with Gasteiger partial charge in [-0.05, 0) is 75.7 Å². The first-order valence-electron chi connectivity index (χ1n) is 9.91. The Labute approximate surface area is 199 Å². The van der Waals surface area contributed by atoms with Gasteiger partial charge in [0.25, 0.3) is 11.8 Å². The van der Waals surface area contributed by atoms with E-state index >= 15 is 0 Å². The van der Waals surface area contributed by atoms with Crippen LogP contribution < -0.4 is 25.6 Å². The molecule has 0 fully saturated rings. The van der Waals surface area contributed by atoms with Gasteiger partial charge >= 0.3 is 0 Å². The number of hydrazine groups is 1. The second-order valence-corrected chi connectivity index (χ2v) is 7.92. The monoisotopic (exact) mass is 515 g/mol. The summed E-state index contributed by atoms with van der Waals surface area (Å²) in [5.74, 6) is 0.365. The molecule has 32 heavy (non-hydrogen) atoms. The minimum atomic E-state index is -0.459. The second kappa shape index (κ2) is 11.4. The van der Waals surface area contributed by atoms with Crippen LogP contribution in [0.15, 0.2) is 65.1 Å². The predicted octanol–water partition coefficient (Wildman–Crippen LogP) is 4.11. The maximum atomic E-state index is 12.3. The molecule has 3 aromatic rings. The van der Waals surface area contributed by atoms with Gasteiger partial charge in [-0.25, -0.2) is 0 Å². The van der Waals surface area contributed by atoms with Gasteiger partial charge in [0, 0.05) is 5.56 Å². The first kappa shape index (κ1) is 23.5. The van der Waals surface area contributed by atoms with Crippen LogP contribution in [0.3, 0.4) is 0 Å². The Morgan fingerprint density at radius 2 is 1.72 bits per heavy atom. The molecule has 0 heterocycles. The molecule has 0 aliphatic carbocycles. The van der Waals surface area contributed by atoms with Crippen LogP contribution in [0.25, 0.3) is 10.8 Å². The molecule has 3 N–H and O–H groups in total. The Morgan fingerprint density at radius 3 is 2.47 bits per heavy atom. The third kappa shape index (κ3) is 6.41. The highest BCUT2D eigenvalue weighted by Gasteiger charge is 2.11. The number of fused-ring (bicyclic) bond motifs is 1. The number of carbonyl (C=O) groups is 2. The van der Waals surface area contributed by atoms with Crippen LogP contribution in [0.4, 0.5) is 0 Å². The molecule has 0 aromatic heterocycles. The summed E-state index contributed by atoms with van der Waals surface area (Å²) < 4.78 is 11.8. The molecule has 0 saturated carbocycles. The SMILES string of the molecule is CCCOc1ccc(C(=O)NC(=S)NNC(=O)COc2ccc3ccccc3c2Br)cc1. The molecule has 0 radical (unpaired) electrons. The van der Waals surface area contributed by atoms with Crippen molar-refractivity contribution in [3.8, 4) is 11.5 Å². The van der Waals surface area contributed by atoms with E-state index in [-0.39, 0.29) is 11.7 Å². The van der Waals surface area contributed by atoms with Crippen molar-refractivity contribution >= 4 is 55.8 Å². The Morgan fingerprint density at radius 1 is 0.969 bits per heavy atom. The van der Waals surface area contributed by atoms with Gasteiger partial charge in [0.2, 0.25) is 0 Å². The molecule has 0 atom stereocenters.